The molecular formula is C9H15IO. The van der Waals surface area contributed by atoms with Gasteiger partial charge in [0.15, 0.2) is 0 Å². The maximum absolute atomic E-state index is 5.78. The van der Waals surface area contributed by atoms with Crippen molar-refractivity contribution in [3.8, 4) is 0 Å². The Balaban J connectivity index is 1.84. The zero-order valence-corrected chi connectivity index (χ0v) is 8.97. The molecule has 1 atom stereocenters. The van der Waals surface area contributed by atoms with E-state index in [1.54, 1.807) is 0 Å². The summed E-state index contributed by atoms with van der Waals surface area (Å²) in [5.74, 6) is 0. The van der Waals surface area contributed by atoms with Crippen molar-refractivity contribution in [1.82, 2.24) is 0 Å². The monoisotopic (exact) mass is 266 g/mol. The van der Waals surface area contributed by atoms with Crippen LogP contribution in [-0.2, 0) is 4.74 Å². The van der Waals surface area contributed by atoms with Crippen molar-refractivity contribution in [2.75, 3.05) is 11.0 Å². The van der Waals surface area contributed by atoms with Crippen LogP contribution in [0.1, 0.15) is 32.1 Å². The van der Waals surface area contributed by atoms with Gasteiger partial charge in [0.1, 0.15) is 0 Å². The van der Waals surface area contributed by atoms with Crippen LogP contribution >= 0.6 is 22.6 Å². The second-order valence-corrected chi connectivity index (χ2v) is 4.86. The highest BCUT2D eigenvalue weighted by Gasteiger charge is 2.40. The van der Waals surface area contributed by atoms with Gasteiger partial charge in [-0.1, -0.05) is 29.0 Å². The predicted molar refractivity (Wildman–Crippen MR) is 54.1 cm³/mol. The van der Waals surface area contributed by atoms with Crippen LogP contribution in [0.15, 0.2) is 0 Å². The van der Waals surface area contributed by atoms with Crippen molar-refractivity contribution in [2.45, 2.75) is 38.2 Å². The first kappa shape index (κ1) is 8.30. The van der Waals surface area contributed by atoms with Crippen LogP contribution in [-0.4, -0.2) is 17.1 Å². The Morgan fingerprint density at radius 3 is 2.55 bits per heavy atom. The largest absolute Gasteiger partial charge is 0.377 e. The lowest BCUT2D eigenvalue weighted by atomic mass is 9.65. The van der Waals surface area contributed by atoms with E-state index in [4.69, 9.17) is 4.74 Å². The SMILES string of the molecule is ICC1CCC2(CCC2)CO1. The normalized spacial score (nSPS) is 35.2. The van der Waals surface area contributed by atoms with Crippen LogP contribution in [0.25, 0.3) is 0 Å². The Kier molecular flexibility index (Phi) is 2.42. The number of ether oxygens (including phenoxy) is 1. The number of alkyl halides is 1. The van der Waals surface area contributed by atoms with E-state index in [0.717, 1.165) is 6.61 Å². The Hall–Kier alpha value is 0.690. The molecule has 1 aliphatic heterocycles. The van der Waals surface area contributed by atoms with Gasteiger partial charge >= 0.3 is 0 Å². The fraction of sp³-hybridized carbons (Fsp3) is 1.00. The van der Waals surface area contributed by atoms with Gasteiger partial charge in [-0.05, 0) is 31.1 Å². The molecule has 0 amide bonds. The summed E-state index contributed by atoms with van der Waals surface area (Å²) in [4.78, 5) is 0. The average molecular weight is 266 g/mol. The molecule has 2 fully saturated rings. The zero-order valence-electron chi connectivity index (χ0n) is 6.81. The maximum atomic E-state index is 5.78. The molecule has 1 nitrogen and oxygen atoms in total. The molecule has 1 unspecified atom stereocenters. The number of halogens is 1. The van der Waals surface area contributed by atoms with Crippen LogP contribution in [0.4, 0.5) is 0 Å². The van der Waals surface area contributed by atoms with E-state index in [1.807, 2.05) is 0 Å². The van der Waals surface area contributed by atoms with Gasteiger partial charge in [-0.15, -0.1) is 0 Å². The molecule has 1 aliphatic carbocycles. The third kappa shape index (κ3) is 1.57. The Labute approximate surface area is 82.0 Å². The van der Waals surface area contributed by atoms with Gasteiger partial charge in [0.2, 0.25) is 0 Å². The summed E-state index contributed by atoms with van der Waals surface area (Å²) in [6, 6.07) is 0. The first-order chi connectivity index (χ1) is 5.35. The topological polar surface area (TPSA) is 9.23 Å². The van der Waals surface area contributed by atoms with Crippen molar-refractivity contribution in [3.05, 3.63) is 0 Å². The number of hydrogen-bond donors (Lipinski definition) is 0. The summed E-state index contributed by atoms with van der Waals surface area (Å²) >= 11 is 2.42. The van der Waals surface area contributed by atoms with E-state index in [2.05, 4.69) is 22.6 Å². The molecule has 0 aromatic carbocycles. The van der Waals surface area contributed by atoms with E-state index in [1.165, 1.54) is 36.5 Å². The van der Waals surface area contributed by atoms with Crippen LogP contribution < -0.4 is 0 Å². The molecule has 0 radical (unpaired) electrons. The zero-order chi connectivity index (χ0) is 7.73. The molecule has 1 heterocycles. The summed E-state index contributed by atoms with van der Waals surface area (Å²) in [7, 11) is 0. The highest BCUT2D eigenvalue weighted by molar-refractivity contribution is 14.1. The van der Waals surface area contributed by atoms with E-state index < -0.39 is 0 Å². The van der Waals surface area contributed by atoms with Crippen molar-refractivity contribution < 1.29 is 4.74 Å². The lowest BCUT2D eigenvalue weighted by molar-refractivity contribution is -0.0865. The summed E-state index contributed by atoms with van der Waals surface area (Å²) in [5, 5.41) is 0. The van der Waals surface area contributed by atoms with Gasteiger partial charge in [-0.3, -0.25) is 0 Å². The molecule has 2 aliphatic rings. The summed E-state index contributed by atoms with van der Waals surface area (Å²) in [6.45, 7) is 1.06. The fourth-order valence-corrected chi connectivity index (χ4v) is 2.80. The van der Waals surface area contributed by atoms with Crippen molar-refractivity contribution in [3.63, 3.8) is 0 Å². The molecule has 1 saturated carbocycles. The van der Waals surface area contributed by atoms with Crippen LogP contribution in [0.5, 0.6) is 0 Å². The Morgan fingerprint density at radius 2 is 2.18 bits per heavy atom. The standard InChI is InChI=1S/C9H15IO/c10-6-8-2-5-9(7-11-8)3-1-4-9/h8H,1-7H2. The first-order valence-corrected chi connectivity index (χ1v) is 6.05. The second kappa shape index (κ2) is 3.21. The Morgan fingerprint density at radius 1 is 1.36 bits per heavy atom. The van der Waals surface area contributed by atoms with Crippen LogP contribution in [0.2, 0.25) is 0 Å². The fourth-order valence-electron chi connectivity index (χ4n) is 2.11. The van der Waals surface area contributed by atoms with E-state index in [0.29, 0.717) is 11.5 Å². The molecule has 0 N–H and O–H groups in total. The minimum Gasteiger partial charge on any atom is -0.377 e. The van der Waals surface area contributed by atoms with Crippen LogP contribution in [0.3, 0.4) is 0 Å². The number of hydrogen-bond acceptors (Lipinski definition) is 1. The van der Waals surface area contributed by atoms with Crippen molar-refractivity contribution >= 4 is 22.6 Å². The van der Waals surface area contributed by atoms with Gasteiger partial charge < -0.3 is 4.74 Å². The lowest BCUT2D eigenvalue weighted by Crippen LogP contribution is -2.41. The number of rotatable bonds is 1. The second-order valence-electron chi connectivity index (χ2n) is 3.98. The summed E-state index contributed by atoms with van der Waals surface area (Å²) < 4.78 is 6.95. The summed E-state index contributed by atoms with van der Waals surface area (Å²) in [6.07, 6.45) is 7.62. The third-order valence-corrected chi connectivity index (χ3v) is 4.19. The molecule has 11 heavy (non-hydrogen) atoms. The van der Waals surface area contributed by atoms with E-state index >= 15 is 0 Å². The first-order valence-electron chi connectivity index (χ1n) is 4.52. The quantitative estimate of drug-likeness (QED) is 0.524. The molecule has 2 rings (SSSR count). The average Bonchev–Trinajstić information content (AvgIpc) is 2.02. The lowest BCUT2D eigenvalue weighted by Gasteiger charge is -2.46. The highest BCUT2D eigenvalue weighted by atomic mass is 127. The molecule has 1 spiro atoms. The molecule has 0 aromatic heterocycles. The van der Waals surface area contributed by atoms with Gasteiger partial charge in [-0.2, -0.15) is 0 Å². The van der Waals surface area contributed by atoms with Crippen LogP contribution in [0, 0.1) is 5.41 Å². The van der Waals surface area contributed by atoms with Gasteiger partial charge in [0.25, 0.3) is 0 Å². The smallest absolute Gasteiger partial charge is 0.0664 e. The maximum Gasteiger partial charge on any atom is 0.0664 e. The van der Waals surface area contributed by atoms with Gasteiger partial charge in [0, 0.05) is 4.43 Å². The molecule has 2 heteroatoms. The highest BCUT2D eigenvalue weighted by Crippen LogP contribution is 2.47. The van der Waals surface area contributed by atoms with Crippen molar-refractivity contribution in [1.29, 1.82) is 0 Å². The molecule has 64 valence electrons. The minimum absolute atomic E-state index is 0.571. The molecular weight excluding hydrogens is 251 g/mol. The Bertz CT molecular complexity index is 132. The van der Waals surface area contributed by atoms with E-state index in [9.17, 15) is 0 Å². The molecule has 0 bridgehead atoms. The molecule has 1 saturated heterocycles. The van der Waals surface area contributed by atoms with Gasteiger partial charge in [-0.25, -0.2) is 0 Å². The molecule has 0 aromatic rings. The summed E-state index contributed by atoms with van der Waals surface area (Å²) in [5.41, 5.74) is 0.655. The third-order valence-electron chi connectivity index (χ3n) is 3.21. The predicted octanol–water partition coefficient (Wildman–Crippen LogP) is 2.77. The van der Waals surface area contributed by atoms with Gasteiger partial charge in [0.05, 0.1) is 12.7 Å². The van der Waals surface area contributed by atoms with E-state index in [-0.39, 0.29) is 0 Å². The minimum atomic E-state index is 0.571. The van der Waals surface area contributed by atoms with Crippen molar-refractivity contribution in [2.24, 2.45) is 5.41 Å².